The molecule has 3 aromatic carbocycles. The third-order valence-corrected chi connectivity index (χ3v) is 7.16. The lowest BCUT2D eigenvalue weighted by Gasteiger charge is -2.25. The molecular weight excluding hydrogens is 558 g/mol. The molecule has 1 fully saturated rings. The number of hydrogen-bond acceptors (Lipinski definition) is 6. The van der Waals surface area contributed by atoms with Crippen LogP contribution in [0.15, 0.2) is 119 Å². The summed E-state index contributed by atoms with van der Waals surface area (Å²) in [6, 6.07) is 30.7. The monoisotopic (exact) mass is 585 g/mol. The van der Waals surface area contributed by atoms with Gasteiger partial charge < -0.3 is 13.7 Å². The van der Waals surface area contributed by atoms with Crippen molar-refractivity contribution in [3.63, 3.8) is 0 Å². The van der Waals surface area contributed by atoms with E-state index in [1.54, 1.807) is 31.2 Å². The molecule has 1 aliphatic rings. The van der Waals surface area contributed by atoms with Gasteiger partial charge in [0.2, 0.25) is 0 Å². The van der Waals surface area contributed by atoms with Crippen molar-refractivity contribution in [2.24, 2.45) is 0 Å². The molecule has 44 heavy (non-hydrogen) atoms. The number of imide groups is 2. The fourth-order valence-corrected chi connectivity index (χ4v) is 5.13. The number of ether oxygens (including phenoxy) is 1. The largest absolute Gasteiger partial charge is 0.467 e. The average molecular weight is 586 g/mol. The zero-order valence-corrected chi connectivity index (χ0v) is 23.7. The van der Waals surface area contributed by atoms with E-state index in [1.165, 1.54) is 12.3 Å². The number of barbiturate groups is 1. The van der Waals surface area contributed by atoms with Gasteiger partial charge in [0.05, 0.1) is 36.4 Å². The minimum Gasteiger partial charge on any atom is -0.467 e. The van der Waals surface area contributed by atoms with E-state index in [0.29, 0.717) is 22.6 Å². The van der Waals surface area contributed by atoms with Crippen molar-refractivity contribution in [2.45, 2.75) is 13.5 Å². The van der Waals surface area contributed by atoms with Crippen LogP contribution in [0.3, 0.4) is 0 Å². The maximum atomic E-state index is 13.6. The molecule has 0 spiro atoms. The average Bonchev–Trinajstić information content (AvgIpc) is 3.70. The molecule has 2 aromatic heterocycles. The predicted molar refractivity (Wildman–Crippen MR) is 163 cm³/mol. The predicted octanol–water partition coefficient (Wildman–Crippen LogP) is 6.24. The second kappa shape index (κ2) is 12.1. The fourth-order valence-electron chi connectivity index (χ4n) is 5.13. The van der Waals surface area contributed by atoms with Crippen molar-refractivity contribution in [1.29, 1.82) is 0 Å². The molecule has 4 amide bonds. The van der Waals surface area contributed by atoms with E-state index in [-0.39, 0.29) is 18.7 Å². The van der Waals surface area contributed by atoms with Crippen LogP contribution in [0, 0.1) is 0 Å². The van der Waals surface area contributed by atoms with Gasteiger partial charge in [-0.25, -0.2) is 9.59 Å². The van der Waals surface area contributed by atoms with Crippen LogP contribution in [0.4, 0.5) is 4.79 Å². The highest BCUT2D eigenvalue weighted by molar-refractivity contribution is 6.31. The van der Waals surface area contributed by atoms with Crippen molar-refractivity contribution < 1.29 is 28.3 Å². The number of hydrogen-bond donors (Lipinski definition) is 1. The van der Waals surface area contributed by atoms with Crippen LogP contribution in [0.5, 0.6) is 0 Å². The van der Waals surface area contributed by atoms with Crippen molar-refractivity contribution >= 4 is 29.9 Å². The maximum absolute atomic E-state index is 13.6. The molecule has 0 atom stereocenters. The standard InChI is InChI=1S/C35H27N3O6/c1-2-43-34(41)25-15-17-27(18-16-25)38-30(23-10-5-3-6-11-23)21-26(31(38)24-12-7-4-8-13-24)20-29-32(39)36-35(42)37(33(29)40)22-28-14-9-19-44-28/h3-21H,2,22H2,1H3,(H,36,39,42)/b29-20-. The maximum Gasteiger partial charge on any atom is 0.338 e. The highest BCUT2D eigenvalue weighted by Gasteiger charge is 2.36. The lowest BCUT2D eigenvalue weighted by Crippen LogP contribution is -2.53. The van der Waals surface area contributed by atoms with Crippen LogP contribution in [0.25, 0.3) is 34.3 Å². The number of urea groups is 1. The highest BCUT2D eigenvalue weighted by atomic mass is 16.5. The Balaban J connectivity index is 1.54. The number of nitrogens with one attached hydrogen (secondary N) is 1. The Morgan fingerprint density at radius 2 is 1.55 bits per heavy atom. The molecule has 5 aromatic rings. The van der Waals surface area contributed by atoms with Gasteiger partial charge in [0.1, 0.15) is 11.3 Å². The number of carbonyl (C=O) groups is 4. The Morgan fingerprint density at radius 3 is 2.18 bits per heavy atom. The van der Waals surface area contributed by atoms with Gasteiger partial charge in [-0.2, -0.15) is 0 Å². The lowest BCUT2D eigenvalue weighted by molar-refractivity contribution is -0.130. The first-order valence-corrected chi connectivity index (χ1v) is 14.0. The van der Waals surface area contributed by atoms with Crippen molar-refractivity contribution in [2.75, 3.05) is 6.61 Å². The summed E-state index contributed by atoms with van der Waals surface area (Å²) in [5.74, 6) is -1.54. The first-order chi connectivity index (χ1) is 21.4. The van der Waals surface area contributed by atoms with Crippen LogP contribution in [0.2, 0.25) is 0 Å². The van der Waals surface area contributed by atoms with Gasteiger partial charge in [0, 0.05) is 11.3 Å². The molecule has 0 bridgehead atoms. The molecule has 0 unspecified atom stereocenters. The smallest absolute Gasteiger partial charge is 0.338 e. The molecule has 6 rings (SSSR count). The summed E-state index contributed by atoms with van der Waals surface area (Å²) in [6.07, 6.45) is 2.96. The fraction of sp³-hybridized carbons (Fsp3) is 0.0857. The van der Waals surface area contributed by atoms with Gasteiger partial charge in [-0.05, 0) is 66.6 Å². The Labute approximate surface area is 253 Å². The number of furan rings is 1. The van der Waals surface area contributed by atoms with Crippen LogP contribution in [-0.2, 0) is 20.9 Å². The van der Waals surface area contributed by atoms with E-state index in [9.17, 15) is 19.2 Å². The molecule has 1 saturated heterocycles. The summed E-state index contributed by atoms with van der Waals surface area (Å²) in [5.41, 5.74) is 4.75. The van der Waals surface area contributed by atoms with Gasteiger partial charge in [-0.1, -0.05) is 60.7 Å². The van der Waals surface area contributed by atoms with E-state index < -0.39 is 23.8 Å². The summed E-state index contributed by atoms with van der Waals surface area (Å²) in [4.78, 5) is 52.6. The zero-order chi connectivity index (χ0) is 30.6. The van der Waals surface area contributed by atoms with E-state index in [2.05, 4.69) is 5.32 Å². The molecular formula is C35H27N3O6. The number of esters is 1. The molecule has 218 valence electrons. The third kappa shape index (κ3) is 5.46. The number of amides is 4. The minimum atomic E-state index is -0.818. The van der Waals surface area contributed by atoms with Gasteiger partial charge in [0.15, 0.2) is 0 Å². The zero-order valence-electron chi connectivity index (χ0n) is 23.7. The van der Waals surface area contributed by atoms with Crippen LogP contribution < -0.4 is 5.32 Å². The van der Waals surface area contributed by atoms with E-state index in [4.69, 9.17) is 9.15 Å². The van der Waals surface area contributed by atoms with Crippen molar-refractivity contribution in [1.82, 2.24) is 14.8 Å². The summed E-state index contributed by atoms with van der Waals surface area (Å²) in [5, 5.41) is 2.28. The van der Waals surface area contributed by atoms with E-state index >= 15 is 0 Å². The molecule has 9 nitrogen and oxygen atoms in total. The van der Waals surface area contributed by atoms with Crippen LogP contribution in [-0.4, -0.2) is 39.9 Å². The first-order valence-electron chi connectivity index (χ1n) is 14.0. The normalized spacial score (nSPS) is 14.2. The van der Waals surface area contributed by atoms with Crippen molar-refractivity contribution in [3.05, 3.63) is 132 Å². The van der Waals surface area contributed by atoms with Crippen LogP contribution >= 0.6 is 0 Å². The third-order valence-electron chi connectivity index (χ3n) is 7.16. The number of benzene rings is 3. The first kappa shape index (κ1) is 28.2. The second-order valence-corrected chi connectivity index (χ2v) is 9.96. The van der Waals surface area contributed by atoms with Crippen molar-refractivity contribution in [3.8, 4) is 28.2 Å². The number of carbonyl (C=O) groups excluding carboxylic acids is 4. The summed E-state index contributed by atoms with van der Waals surface area (Å²) in [6.45, 7) is 1.89. The molecule has 3 heterocycles. The summed E-state index contributed by atoms with van der Waals surface area (Å²) in [7, 11) is 0. The summed E-state index contributed by atoms with van der Waals surface area (Å²) >= 11 is 0. The molecule has 0 radical (unpaired) electrons. The number of aromatic nitrogens is 1. The van der Waals surface area contributed by atoms with Gasteiger partial charge in [-0.15, -0.1) is 0 Å². The lowest BCUT2D eigenvalue weighted by atomic mass is 10.0. The second-order valence-electron chi connectivity index (χ2n) is 9.96. The number of rotatable bonds is 8. The molecule has 9 heteroatoms. The highest BCUT2D eigenvalue weighted by Crippen LogP contribution is 2.37. The Kier molecular flexibility index (Phi) is 7.75. The molecule has 1 N–H and O–H groups in total. The molecule has 1 aliphatic heterocycles. The Hall–Kier alpha value is -5.96. The summed E-state index contributed by atoms with van der Waals surface area (Å²) < 4.78 is 12.5. The van der Waals surface area contributed by atoms with Gasteiger partial charge in [0.25, 0.3) is 11.8 Å². The topological polar surface area (TPSA) is 111 Å². The Bertz CT molecular complexity index is 1870. The van der Waals surface area contributed by atoms with Gasteiger partial charge in [-0.3, -0.25) is 19.8 Å². The Morgan fingerprint density at radius 1 is 0.864 bits per heavy atom. The minimum absolute atomic E-state index is 0.128. The van der Waals surface area contributed by atoms with E-state index in [0.717, 1.165) is 27.4 Å². The molecule has 0 saturated carbocycles. The quantitative estimate of drug-likeness (QED) is 0.131. The molecule has 0 aliphatic carbocycles. The van der Waals surface area contributed by atoms with E-state index in [1.807, 2.05) is 83.4 Å². The van der Waals surface area contributed by atoms with Crippen LogP contribution in [0.1, 0.15) is 28.6 Å². The SMILES string of the molecule is CCOC(=O)c1ccc(-n2c(-c3ccccc3)cc(/C=C3/C(=O)NC(=O)N(Cc4ccco4)C3=O)c2-c2ccccc2)cc1. The van der Waals surface area contributed by atoms with Gasteiger partial charge >= 0.3 is 12.0 Å². The number of nitrogens with zero attached hydrogens (tertiary/aromatic N) is 2.